The van der Waals surface area contributed by atoms with Gasteiger partial charge in [0.25, 0.3) is 0 Å². The molecule has 0 bridgehead atoms. The van der Waals surface area contributed by atoms with Crippen LogP contribution in [0.25, 0.3) is 0 Å². The lowest BCUT2D eigenvalue weighted by atomic mass is 10.1. The number of carbonyl (C=O) groups excluding carboxylic acids is 1. The van der Waals surface area contributed by atoms with Crippen molar-refractivity contribution in [3.8, 4) is 5.75 Å². The molecule has 76 valence electrons. The topological polar surface area (TPSA) is 91.2 Å². The summed E-state index contributed by atoms with van der Waals surface area (Å²) < 4.78 is 5.05. The van der Waals surface area contributed by atoms with Crippen molar-refractivity contribution in [1.82, 2.24) is 4.98 Å². The molecular weight excluding hydrogens is 182 g/mol. The van der Waals surface area contributed by atoms with Crippen LogP contribution < -0.4 is 16.2 Å². The molecule has 5 heteroatoms. The Hall–Kier alpha value is -1.46. The minimum absolute atomic E-state index is 0.256. The molecular formula is C9H13N3O2. The fourth-order valence-corrected chi connectivity index (χ4v) is 1.09. The zero-order valence-corrected chi connectivity index (χ0v) is 7.93. The lowest BCUT2D eigenvalue weighted by molar-refractivity contribution is 0.111. The molecule has 0 saturated heterocycles. The van der Waals surface area contributed by atoms with Gasteiger partial charge < -0.3 is 16.2 Å². The fraction of sp³-hybridized carbons (Fsp3) is 0.333. The highest BCUT2D eigenvalue weighted by atomic mass is 16.5. The molecule has 1 atom stereocenters. The van der Waals surface area contributed by atoms with E-state index in [0.717, 1.165) is 0 Å². The summed E-state index contributed by atoms with van der Waals surface area (Å²) in [5, 5.41) is 0. The van der Waals surface area contributed by atoms with Gasteiger partial charge in [-0.2, -0.15) is 0 Å². The van der Waals surface area contributed by atoms with Crippen molar-refractivity contribution in [3.63, 3.8) is 0 Å². The molecule has 1 rings (SSSR count). The first kappa shape index (κ1) is 10.6. The number of rotatable bonds is 4. The normalized spacial score (nSPS) is 12.2. The van der Waals surface area contributed by atoms with Gasteiger partial charge in [0.15, 0.2) is 6.29 Å². The number of methoxy groups -OCH3 is 1. The highest BCUT2D eigenvalue weighted by Crippen LogP contribution is 2.20. The predicted molar refractivity (Wildman–Crippen MR) is 52.2 cm³/mol. The average molecular weight is 195 g/mol. The maximum atomic E-state index is 10.5. The largest absolute Gasteiger partial charge is 0.495 e. The van der Waals surface area contributed by atoms with Crippen LogP contribution in [0.2, 0.25) is 0 Å². The summed E-state index contributed by atoms with van der Waals surface area (Å²) in [6.07, 6.45) is 0.659. The molecule has 0 aliphatic rings. The Kier molecular flexibility index (Phi) is 3.55. The first-order valence-electron chi connectivity index (χ1n) is 4.18. The standard InChI is InChI=1S/C9H13N3O2/c1-14-8-3-2-6(5-13)12-9(8)7(11)4-10/h2-3,5,7H,4,10-11H2,1H3/t7-/m0/s1. The van der Waals surface area contributed by atoms with E-state index in [1.165, 1.54) is 7.11 Å². The molecule has 0 saturated carbocycles. The zero-order valence-electron chi connectivity index (χ0n) is 7.93. The molecule has 0 amide bonds. The van der Waals surface area contributed by atoms with Gasteiger partial charge in [-0.3, -0.25) is 4.79 Å². The van der Waals surface area contributed by atoms with Crippen LogP contribution in [0.1, 0.15) is 22.2 Å². The first-order chi connectivity index (χ1) is 6.72. The van der Waals surface area contributed by atoms with E-state index in [9.17, 15) is 4.79 Å². The van der Waals surface area contributed by atoms with Crippen molar-refractivity contribution in [2.75, 3.05) is 13.7 Å². The van der Waals surface area contributed by atoms with Gasteiger partial charge in [0.05, 0.1) is 13.2 Å². The lowest BCUT2D eigenvalue weighted by Crippen LogP contribution is -2.23. The summed E-state index contributed by atoms with van der Waals surface area (Å²) in [7, 11) is 1.52. The third-order valence-corrected chi connectivity index (χ3v) is 1.85. The number of aromatic nitrogens is 1. The van der Waals surface area contributed by atoms with Crippen LogP contribution in [0.15, 0.2) is 12.1 Å². The van der Waals surface area contributed by atoms with Crippen LogP contribution in [0.4, 0.5) is 0 Å². The highest BCUT2D eigenvalue weighted by Gasteiger charge is 2.12. The molecule has 4 N–H and O–H groups in total. The number of pyridine rings is 1. The van der Waals surface area contributed by atoms with Crippen molar-refractivity contribution in [2.45, 2.75) is 6.04 Å². The number of ether oxygens (including phenoxy) is 1. The molecule has 0 aromatic carbocycles. The molecule has 1 aromatic rings. The maximum Gasteiger partial charge on any atom is 0.168 e. The van der Waals surface area contributed by atoms with Crippen molar-refractivity contribution < 1.29 is 9.53 Å². The van der Waals surface area contributed by atoms with E-state index in [0.29, 0.717) is 23.4 Å². The van der Waals surface area contributed by atoms with Crippen LogP contribution in [0.3, 0.4) is 0 Å². The van der Waals surface area contributed by atoms with Gasteiger partial charge in [-0.05, 0) is 12.1 Å². The zero-order chi connectivity index (χ0) is 10.6. The first-order valence-corrected chi connectivity index (χ1v) is 4.18. The summed E-state index contributed by atoms with van der Waals surface area (Å²) in [6, 6.07) is 2.81. The Morgan fingerprint density at radius 1 is 1.64 bits per heavy atom. The van der Waals surface area contributed by atoms with E-state index >= 15 is 0 Å². The summed E-state index contributed by atoms with van der Waals surface area (Å²) >= 11 is 0. The van der Waals surface area contributed by atoms with E-state index in [1.807, 2.05) is 0 Å². The third kappa shape index (κ3) is 2.07. The molecule has 14 heavy (non-hydrogen) atoms. The Bertz CT molecular complexity index is 328. The van der Waals surface area contributed by atoms with Crippen molar-refractivity contribution in [3.05, 3.63) is 23.5 Å². The molecule has 0 spiro atoms. The maximum absolute atomic E-state index is 10.5. The number of carbonyl (C=O) groups is 1. The molecule has 1 heterocycles. The predicted octanol–water partition coefficient (Wildman–Crippen LogP) is -0.139. The van der Waals surface area contributed by atoms with Gasteiger partial charge in [0.2, 0.25) is 0 Å². The van der Waals surface area contributed by atoms with Gasteiger partial charge >= 0.3 is 0 Å². The van der Waals surface area contributed by atoms with Gasteiger partial charge in [-0.25, -0.2) is 4.98 Å². The summed E-state index contributed by atoms with van der Waals surface area (Å²) in [4.78, 5) is 14.5. The van der Waals surface area contributed by atoms with Crippen LogP contribution in [-0.4, -0.2) is 24.9 Å². The SMILES string of the molecule is COc1ccc(C=O)nc1[C@@H](N)CN. The second-order valence-electron chi connectivity index (χ2n) is 2.78. The fourth-order valence-electron chi connectivity index (χ4n) is 1.09. The summed E-state index contributed by atoms with van der Waals surface area (Å²) in [5.74, 6) is 0.550. The van der Waals surface area contributed by atoms with Crippen molar-refractivity contribution in [1.29, 1.82) is 0 Å². The molecule has 5 nitrogen and oxygen atoms in total. The Balaban J connectivity index is 3.14. The average Bonchev–Trinajstić information content (AvgIpc) is 2.27. The second kappa shape index (κ2) is 4.69. The van der Waals surface area contributed by atoms with Gasteiger partial charge in [0, 0.05) is 6.54 Å². The van der Waals surface area contributed by atoms with E-state index in [2.05, 4.69) is 4.98 Å². The van der Waals surface area contributed by atoms with E-state index in [-0.39, 0.29) is 6.54 Å². The monoisotopic (exact) mass is 195 g/mol. The Labute approximate surface area is 82.1 Å². The Morgan fingerprint density at radius 2 is 2.36 bits per heavy atom. The molecule has 0 aliphatic carbocycles. The van der Waals surface area contributed by atoms with Gasteiger partial charge in [0.1, 0.15) is 17.1 Å². The quantitative estimate of drug-likeness (QED) is 0.652. The number of nitrogens with zero attached hydrogens (tertiary/aromatic N) is 1. The molecule has 0 unspecified atom stereocenters. The second-order valence-corrected chi connectivity index (χ2v) is 2.78. The van der Waals surface area contributed by atoms with Crippen LogP contribution in [0.5, 0.6) is 5.75 Å². The lowest BCUT2D eigenvalue weighted by Gasteiger charge is -2.12. The minimum atomic E-state index is -0.412. The van der Waals surface area contributed by atoms with Crippen molar-refractivity contribution >= 4 is 6.29 Å². The molecule has 1 aromatic heterocycles. The smallest absolute Gasteiger partial charge is 0.168 e. The van der Waals surface area contributed by atoms with Crippen LogP contribution in [-0.2, 0) is 0 Å². The van der Waals surface area contributed by atoms with Crippen LogP contribution in [0, 0.1) is 0 Å². The van der Waals surface area contributed by atoms with Crippen molar-refractivity contribution in [2.24, 2.45) is 11.5 Å². The van der Waals surface area contributed by atoms with E-state index < -0.39 is 6.04 Å². The highest BCUT2D eigenvalue weighted by molar-refractivity contribution is 5.72. The van der Waals surface area contributed by atoms with E-state index in [1.54, 1.807) is 12.1 Å². The van der Waals surface area contributed by atoms with Gasteiger partial charge in [-0.15, -0.1) is 0 Å². The number of hydrogen-bond donors (Lipinski definition) is 2. The summed E-state index contributed by atoms with van der Waals surface area (Å²) in [5.41, 5.74) is 12.0. The van der Waals surface area contributed by atoms with E-state index in [4.69, 9.17) is 16.2 Å². The summed E-state index contributed by atoms with van der Waals surface area (Å²) in [6.45, 7) is 0.256. The Morgan fingerprint density at radius 3 is 2.86 bits per heavy atom. The number of aldehydes is 1. The minimum Gasteiger partial charge on any atom is -0.495 e. The third-order valence-electron chi connectivity index (χ3n) is 1.85. The number of nitrogens with two attached hydrogens (primary N) is 2. The number of hydrogen-bond acceptors (Lipinski definition) is 5. The van der Waals surface area contributed by atoms with Gasteiger partial charge in [-0.1, -0.05) is 0 Å². The molecule has 0 fully saturated rings. The molecule has 0 aliphatic heterocycles. The van der Waals surface area contributed by atoms with Crippen LogP contribution >= 0.6 is 0 Å². The molecule has 0 radical (unpaired) electrons.